The highest BCUT2D eigenvalue weighted by atomic mass is 79.9. The molecule has 1 aromatic carbocycles. The molecule has 0 radical (unpaired) electrons. The highest BCUT2D eigenvalue weighted by Gasteiger charge is 2.35. The third-order valence-corrected chi connectivity index (χ3v) is 4.47. The van der Waals surface area contributed by atoms with Crippen LogP contribution >= 0.6 is 15.9 Å². The van der Waals surface area contributed by atoms with Crippen LogP contribution in [0.4, 0.5) is 0 Å². The summed E-state index contributed by atoms with van der Waals surface area (Å²) in [6.07, 6.45) is 3.96. The Bertz CT molecular complexity index is 445. The lowest BCUT2D eigenvalue weighted by atomic mass is 9.80. The van der Waals surface area contributed by atoms with Crippen molar-refractivity contribution in [2.24, 2.45) is 0 Å². The molecule has 0 amide bonds. The highest BCUT2D eigenvalue weighted by Crippen LogP contribution is 2.36. The predicted octanol–water partition coefficient (Wildman–Crippen LogP) is 2.78. The van der Waals surface area contributed by atoms with Crippen LogP contribution in [0, 0.1) is 0 Å². The van der Waals surface area contributed by atoms with Crippen LogP contribution < -0.4 is 10.1 Å². The molecule has 0 spiro atoms. The Morgan fingerprint density at radius 3 is 3.00 bits per heavy atom. The molecule has 0 saturated heterocycles. The van der Waals surface area contributed by atoms with Gasteiger partial charge in [-0.25, -0.2) is 0 Å². The molecule has 1 atom stereocenters. The number of aliphatic hydroxyl groups is 1. The van der Waals surface area contributed by atoms with E-state index >= 15 is 0 Å². The zero-order chi connectivity index (χ0) is 12.6. The topological polar surface area (TPSA) is 41.5 Å². The van der Waals surface area contributed by atoms with Crippen LogP contribution in [0.1, 0.15) is 37.3 Å². The van der Waals surface area contributed by atoms with Gasteiger partial charge in [-0.1, -0.05) is 15.9 Å². The molecule has 3 rings (SSSR count). The maximum atomic E-state index is 10.1. The van der Waals surface area contributed by atoms with Crippen molar-refractivity contribution in [2.45, 2.75) is 37.3 Å². The number of hydrogen-bond acceptors (Lipinski definition) is 3. The lowest BCUT2D eigenvalue weighted by Crippen LogP contribution is -2.47. The van der Waals surface area contributed by atoms with Crippen molar-refractivity contribution in [1.29, 1.82) is 0 Å². The molecule has 0 bridgehead atoms. The minimum Gasteiger partial charge on any atom is -0.493 e. The maximum Gasteiger partial charge on any atom is 0.124 e. The number of rotatable bonds is 3. The van der Waals surface area contributed by atoms with Gasteiger partial charge in [-0.2, -0.15) is 0 Å². The molecule has 1 heterocycles. The van der Waals surface area contributed by atoms with Crippen molar-refractivity contribution in [3.63, 3.8) is 0 Å². The van der Waals surface area contributed by atoms with Crippen molar-refractivity contribution in [2.75, 3.05) is 13.2 Å². The summed E-state index contributed by atoms with van der Waals surface area (Å²) in [5.74, 6) is 0.961. The molecular weight excluding hydrogens is 294 g/mol. The third kappa shape index (κ3) is 2.42. The van der Waals surface area contributed by atoms with Gasteiger partial charge in [0.2, 0.25) is 0 Å². The first-order chi connectivity index (χ1) is 8.66. The van der Waals surface area contributed by atoms with Crippen LogP contribution in [-0.4, -0.2) is 23.9 Å². The molecule has 18 heavy (non-hydrogen) atoms. The average molecular weight is 312 g/mol. The smallest absolute Gasteiger partial charge is 0.124 e. The molecule has 2 aliphatic rings. The number of halogens is 1. The molecule has 0 aromatic heterocycles. The molecular formula is C14H18BrNO2. The maximum absolute atomic E-state index is 10.1. The van der Waals surface area contributed by atoms with E-state index in [-0.39, 0.29) is 6.04 Å². The first-order valence-corrected chi connectivity index (χ1v) is 7.34. The van der Waals surface area contributed by atoms with Gasteiger partial charge < -0.3 is 15.2 Å². The van der Waals surface area contributed by atoms with Crippen molar-refractivity contribution < 1.29 is 9.84 Å². The van der Waals surface area contributed by atoms with Gasteiger partial charge in [0.05, 0.1) is 12.2 Å². The highest BCUT2D eigenvalue weighted by molar-refractivity contribution is 9.10. The van der Waals surface area contributed by atoms with Crippen molar-refractivity contribution in [1.82, 2.24) is 5.32 Å². The van der Waals surface area contributed by atoms with E-state index in [1.54, 1.807) is 0 Å². The quantitative estimate of drug-likeness (QED) is 0.902. The minimum absolute atomic E-state index is 0.288. The molecule has 1 aromatic rings. The Hall–Kier alpha value is -0.580. The standard InChI is InChI=1S/C14H18BrNO2/c15-10-2-3-13-11(8-10)12(4-7-18-13)16-9-14(17)5-1-6-14/h2-3,8,12,16-17H,1,4-7,9H2. The second-order valence-electron chi connectivity index (χ2n) is 5.33. The molecule has 1 unspecified atom stereocenters. The number of ether oxygens (including phenoxy) is 1. The van der Waals surface area contributed by atoms with E-state index in [2.05, 4.69) is 27.3 Å². The molecule has 1 saturated carbocycles. The first-order valence-electron chi connectivity index (χ1n) is 6.54. The zero-order valence-electron chi connectivity index (χ0n) is 10.3. The van der Waals surface area contributed by atoms with Crippen LogP contribution in [0.15, 0.2) is 22.7 Å². The van der Waals surface area contributed by atoms with Gasteiger partial charge in [0.15, 0.2) is 0 Å². The Balaban J connectivity index is 1.72. The fraction of sp³-hybridized carbons (Fsp3) is 0.571. The Morgan fingerprint density at radius 1 is 1.44 bits per heavy atom. The molecule has 1 fully saturated rings. The summed E-state index contributed by atoms with van der Waals surface area (Å²) in [6.45, 7) is 1.42. The Morgan fingerprint density at radius 2 is 2.28 bits per heavy atom. The summed E-state index contributed by atoms with van der Waals surface area (Å²) in [5.41, 5.74) is 0.725. The van der Waals surface area contributed by atoms with E-state index in [1.807, 2.05) is 12.1 Å². The van der Waals surface area contributed by atoms with Gasteiger partial charge in [-0.15, -0.1) is 0 Å². The van der Waals surface area contributed by atoms with E-state index < -0.39 is 5.60 Å². The van der Waals surface area contributed by atoms with Crippen molar-refractivity contribution in [3.05, 3.63) is 28.2 Å². The number of hydrogen-bond donors (Lipinski definition) is 2. The number of nitrogens with one attached hydrogen (secondary N) is 1. The van der Waals surface area contributed by atoms with Crippen molar-refractivity contribution >= 4 is 15.9 Å². The fourth-order valence-electron chi connectivity index (χ4n) is 2.65. The van der Waals surface area contributed by atoms with Crippen LogP contribution in [0.25, 0.3) is 0 Å². The van der Waals surface area contributed by atoms with Crippen LogP contribution in [0.2, 0.25) is 0 Å². The van der Waals surface area contributed by atoms with E-state index in [0.717, 1.165) is 42.5 Å². The summed E-state index contributed by atoms with van der Waals surface area (Å²) in [5, 5.41) is 13.6. The van der Waals surface area contributed by atoms with Gasteiger partial charge in [-0.05, 0) is 37.5 Å². The van der Waals surface area contributed by atoms with E-state index in [4.69, 9.17) is 4.74 Å². The Kier molecular flexibility index (Phi) is 3.34. The lowest BCUT2D eigenvalue weighted by Gasteiger charge is -2.38. The SMILES string of the molecule is OC1(CNC2CCOc3ccc(Br)cc32)CCC1. The van der Waals surface area contributed by atoms with Crippen LogP contribution in [0.5, 0.6) is 5.75 Å². The summed E-state index contributed by atoms with van der Waals surface area (Å²) in [4.78, 5) is 0. The number of benzene rings is 1. The monoisotopic (exact) mass is 311 g/mol. The molecule has 1 aliphatic carbocycles. The summed E-state index contributed by atoms with van der Waals surface area (Å²) in [6, 6.07) is 6.40. The van der Waals surface area contributed by atoms with Crippen LogP contribution in [-0.2, 0) is 0 Å². The van der Waals surface area contributed by atoms with Gasteiger partial charge in [0.1, 0.15) is 5.75 Å². The van der Waals surface area contributed by atoms with Gasteiger partial charge >= 0.3 is 0 Å². The van der Waals surface area contributed by atoms with Gasteiger partial charge in [0, 0.05) is 29.0 Å². The normalized spacial score (nSPS) is 24.9. The largest absolute Gasteiger partial charge is 0.493 e. The first kappa shape index (κ1) is 12.5. The van der Waals surface area contributed by atoms with E-state index in [9.17, 15) is 5.11 Å². The van der Waals surface area contributed by atoms with E-state index in [1.165, 1.54) is 5.56 Å². The fourth-order valence-corrected chi connectivity index (χ4v) is 3.03. The summed E-state index contributed by atoms with van der Waals surface area (Å²) in [7, 11) is 0. The third-order valence-electron chi connectivity index (χ3n) is 3.97. The van der Waals surface area contributed by atoms with Crippen molar-refractivity contribution in [3.8, 4) is 5.75 Å². The Labute approximate surface area is 116 Å². The second-order valence-corrected chi connectivity index (χ2v) is 6.25. The summed E-state index contributed by atoms with van der Waals surface area (Å²) >= 11 is 3.50. The average Bonchev–Trinajstić information content (AvgIpc) is 2.34. The molecule has 1 aliphatic heterocycles. The molecule has 3 nitrogen and oxygen atoms in total. The number of fused-ring (bicyclic) bond motifs is 1. The predicted molar refractivity (Wildman–Crippen MR) is 73.8 cm³/mol. The van der Waals surface area contributed by atoms with Gasteiger partial charge in [-0.3, -0.25) is 0 Å². The molecule has 2 N–H and O–H groups in total. The second kappa shape index (κ2) is 4.83. The summed E-state index contributed by atoms with van der Waals surface area (Å²) < 4.78 is 6.73. The minimum atomic E-state index is -0.468. The van der Waals surface area contributed by atoms with Crippen LogP contribution in [0.3, 0.4) is 0 Å². The molecule has 4 heteroatoms. The van der Waals surface area contributed by atoms with E-state index in [0.29, 0.717) is 6.54 Å². The lowest BCUT2D eigenvalue weighted by molar-refractivity contribution is -0.0340. The van der Waals surface area contributed by atoms with Gasteiger partial charge in [0.25, 0.3) is 0 Å². The molecule has 98 valence electrons. The zero-order valence-corrected chi connectivity index (χ0v) is 11.9.